The van der Waals surface area contributed by atoms with E-state index >= 15 is 0 Å². The van der Waals surface area contributed by atoms with Gasteiger partial charge in [0, 0.05) is 43.3 Å². The molecule has 1 aliphatic rings. The lowest BCUT2D eigenvalue weighted by Crippen LogP contribution is -2.50. The quantitative estimate of drug-likeness (QED) is 0.826. The van der Waals surface area contributed by atoms with Crippen molar-refractivity contribution in [2.24, 2.45) is 0 Å². The highest BCUT2D eigenvalue weighted by Gasteiger charge is 2.23. The molecule has 6 heteroatoms. The summed E-state index contributed by atoms with van der Waals surface area (Å²) in [5.41, 5.74) is 1.71. The van der Waals surface area contributed by atoms with E-state index in [2.05, 4.69) is 4.90 Å². The molecule has 1 amide bonds. The first-order chi connectivity index (χ1) is 13.0. The molecule has 1 atom stereocenters. The molecule has 3 rings (SSSR count). The molecule has 5 nitrogen and oxygen atoms in total. The Balaban J connectivity index is 1.43. The number of para-hydroxylation sites is 1. The number of carbonyl (C=O) groups is 1. The number of nitrogens with zero attached hydrogens (tertiary/aromatic N) is 2. The minimum Gasteiger partial charge on any atom is -0.491 e. The molecule has 0 aromatic heterocycles. The topological polar surface area (TPSA) is 53.0 Å². The number of hydrogen-bond donors (Lipinski definition) is 1. The monoisotopic (exact) mass is 388 g/mol. The zero-order valence-corrected chi connectivity index (χ0v) is 16.2. The molecule has 1 N–H and O–H groups in total. The molecule has 0 aliphatic carbocycles. The Labute approximate surface area is 165 Å². The Morgan fingerprint density at radius 2 is 1.78 bits per heavy atom. The fourth-order valence-corrected chi connectivity index (χ4v) is 3.29. The second-order valence-corrected chi connectivity index (χ2v) is 7.27. The summed E-state index contributed by atoms with van der Waals surface area (Å²) in [4.78, 5) is 16.5. The van der Waals surface area contributed by atoms with Crippen LogP contribution in [0.2, 0.25) is 5.02 Å². The molecule has 27 heavy (non-hydrogen) atoms. The van der Waals surface area contributed by atoms with Crippen LogP contribution in [0.25, 0.3) is 0 Å². The van der Waals surface area contributed by atoms with Crippen LogP contribution in [-0.2, 0) is 0 Å². The van der Waals surface area contributed by atoms with E-state index in [4.69, 9.17) is 16.3 Å². The number of halogens is 1. The highest BCUT2D eigenvalue weighted by molar-refractivity contribution is 6.30. The van der Waals surface area contributed by atoms with Gasteiger partial charge in [-0.15, -0.1) is 0 Å². The van der Waals surface area contributed by atoms with Gasteiger partial charge in [-0.2, -0.15) is 0 Å². The van der Waals surface area contributed by atoms with E-state index < -0.39 is 6.10 Å². The molecule has 1 saturated heterocycles. The molecule has 0 bridgehead atoms. The number of aryl methyl sites for hydroxylation is 1. The fourth-order valence-electron chi connectivity index (χ4n) is 3.16. The van der Waals surface area contributed by atoms with Gasteiger partial charge in [-0.3, -0.25) is 9.69 Å². The maximum atomic E-state index is 12.5. The maximum Gasteiger partial charge on any atom is 0.253 e. The van der Waals surface area contributed by atoms with Crippen molar-refractivity contribution in [3.05, 3.63) is 64.7 Å². The van der Waals surface area contributed by atoms with Crippen molar-refractivity contribution in [1.82, 2.24) is 9.80 Å². The summed E-state index contributed by atoms with van der Waals surface area (Å²) in [5, 5.41) is 10.9. The predicted molar refractivity (Wildman–Crippen MR) is 106 cm³/mol. The lowest BCUT2D eigenvalue weighted by atomic mass is 10.2. The van der Waals surface area contributed by atoms with Crippen molar-refractivity contribution < 1.29 is 14.6 Å². The third-order valence-corrected chi connectivity index (χ3v) is 5.00. The Kier molecular flexibility index (Phi) is 6.72. The standard InChI is InChI=1S/C21H25ClN2O3/c1-16-4-2-3-5-20(16)27-15-19(25)14-23-10-12-24(13-11-23)21(26)17-6-8-18(22)9-7-17/h2-9,19,25H,10-15H2,1H3. The van der Waals surface area contributed by atoms with E-state index in [9.17, 15) is 9.90 Å². The van der Waals surface area contributed by atoms with Crippen molar-refractivity contribution in [3.8, 4) is 5.75 Å². The number of benzene rings is 2. The van der Waals surface area contributed by atoms with Gasteiger partial charge in [0.25, 0.3) is 5.91 Å². The average Bonchev–Trinajstić information content (AvgIpc) is 2.68. The summed E-state index contributed by atoms with van der Waals surface area (Å²) >= 11 is 5.88. The van der Waals surface area contributed by atoms with Crippen LogP contribution in [-0.4, -0.2) is 66.2 Å². The zero-order valence-electron chi connectivity index (χ0n) is 15.5. The van der Waals surface area contributed by atoms with E-state index in [0.717, 1.165) is 24.4 Å². The van der Waals surface area contributed by atoms with Crippen LogP contribution >= 0.6 is 11.6 Å². The molecule has 1 aliphatic heterocycles. The molecule has 1 fully saturated rings. The molecule has 0 spiro atoms. The van der Waals surface area contributed by atoms with E-state index in [1.165, 1.54) is 0 Å². The van der Waals surface area contributed by atoms with E-state index in [-0.39, 0.29) is 12.5 Å². The van der Waals surface area contributed by atoms with Crippen molar-refractivity contribution in [1.29, 1.82) is 0 Å². The fraction of sp³-hybridized carbons (Fsp3) is 0.381. The summed E-state index contributed by atoms with van der Waals surface area (Å²) in [5.74, 6) is 0.824. The zero-order chi connectivity index (χ0) is 19.2. The van der Waals surface area contributed by atoms with Crippen LogP contribution in [0, 0.1) is 6.92 Å². The Hall–Kier alpha value is -2.08. The smallest absolute Gasteiger partial charge is 0.253 e. The minimum absolute atomic E-state index is 0.0229. The van der Waals surface area contributed by atoms with Crippen LogP contribution in [0.3, 0.4) is 0 Å². The largest absolute Gasteiger partial charge is 0.491 e. The number of aliphatic hydroxyl groups excluding tert-OH is 1. The van der Waals surface area contributed by atoms with Crippen LogP contribution in [0.5, 0.6) is 5.75 Å². The Morgan fingerprint density at radius 1 is 1.11 bits per heavy atom. The Morgan fingerprint density at radius 3 is 2.44 bits per heavy atom. The molecule has 1 unspecified atom stereocenters. The number of β-amino-alcohol motifs (C(OH)–C–C–N with tert-alkyl or cyclic N) is 1. The molecule has 2 aromatic carbocycles. The van der Waals surface area contributed by atoms with Crippen molar-refractivity contribution in [3.63, 3.8) is 0 Å². The van der Waals surface area contributed by atoms with E-state index in [1.54, 1.807) is 24.3 Å². The highest BCUT2D eigenvalue weighted by Crippen LogP contribution is 2.17. The van der Waals surface area contributed by atoms with Gasteiger partial charge in [-0.05, 0) is 42.8 Å². The second kappa shape index (κ2) is 9.22. The number of amides is 1. The molecule has 1 heterocycles. The number of carbonyl (C=O) groups excluding carboxylic acids is 1. The number of hydrogen-bond acceptors (Lipinski definition) is 4. The van der Waals surface area contributed by atoms with Crippen molar-refractivity contribution in [2.45, 2.75) is 13.0 Å². The number of piperazine rings is 1. The third kappa shape index (κ3) is 5.45. The molecule has 0 radical (unpaired) electrons. The van der Waals surface area contributed by atoms with Crippen LogP contribution in [0.4, 0.5) is 0 Å². The Bertz CT molecular complexity index is 758. The van der Waals surface area contributed by atoms with E-state index in [0.29, 0.717) is 30.2 Å². The predicted octanol–water partition coefficient (Wildman–Crippen LogP) is 2.85. The van der Waals surface area contributed by atoms with Crippen LogP contribution in [0.1, 0.15) is 15.9 Å². The van der Waals surface area contributed by atoms with Gasteiger partial charge in [0.2, 0.25) is 0 Å². The number of ether oxygens (including phenoxy) is 1. The minimum atomic E-state index is -0.567. The van der Waals surface area contributed by atoms with Gasteiger partial charge in [-0.25, -0.2) is 0 Å². The van der Waals surface area contributed by atoms with Crippen molar-refractivity contribution >= 4 is 17.5 Å². The van der Waals surface area contributed by atoms with Gasteiger partial charge in [-0.1, -0.05) is 29.8 Å². The highest BCUT2D eigenvalue weighted by atomic mass is 35.5. The summed E-state index contributed by atoms with van der Waals surface area (Å²) in [6.45, 7) is 5.55. The third-order valence-electron chi connectivity index (χ3n) is 4.74. The molecular formula is C21H25ClN2O3. The lowest BCUT2D eigenvalue weighted by Gasteiger charge is -2.35. The summed E-state index contributed by atoms with van der Waals surface area (Å²) in [7, 11) is 0. The molecule has 2 aromatic rings. The maximum absolute atomic E-state index is 12.5. The summed E-state index contributed by atoms with van der Waals surface area (Å²) in [6, 6.07) is 14.7. The molecular weight excluding hydrogens is 364 g/mol. The van der Waals surface area contributed by atoms with Gasteiger partial charge < -0.3 is 14.7 Å². The lowest BCUT2D eigenvalue weighted by molar-refractivity contribution is 0.0403. The van der Waals surface area contributed by atoms with Gasteiger partial charge >= 0.3 is 0 Å². The number of rotatable bonds is 6. The normalized spacial score (nSPS) is 16.2. The van der Waals surface area contributed by atoms with Crippen molar-refractivity contribution in [2.75, 3.05) is 39.3 Å². The summed E-state index contributed by atoms with van der Waals surface area (Å²) < 4.78 is 5.71. The summed E-state index contributed by atoms with van der Waals surface area (Å²) in [6.07, 6.45) is -0.567. The molecule has 144 valence electrons. The second-order valence-electron chi connectivity index (χ2n) is 6.83. The van der Waals surface area contributed by atoms with Crippen LogP contribution in [0.15, 0.2) is 48.5 Å². The van der Waals surface area contributed by atoms with Gasteiger partial charge in [0.15, 0.2) is 0 Å². The first kappa shape index (κ1) is 19.7. The van der Waals surface area contributed by atoms with Gasteiger partial charge in [0.1, 0.15) is 18.5 Å². The molecule has 0 saturated carbocycles. The SMILES string of the molecule is Cc1ccccc1OCC(O)CN1CCN(C(=O)c2ccc(Cl)cc2)CC1. The van der Waals surface area contributed by atoms with E-state index in [1.807, 2.05) is 36.1 Å². The first-order valence-electron chi connectivity index (χ1n) is 9.16. The van der Waals surface area contributed by atoms with Gasteiger partial charge in [0.05, 0.1) is 0 Å². The first-order valence-corrected chi connectivity index (χ1v) is 9.54. The van der Waals surface area contributed by atoms with Crippen LogP contribution < -0.4 is 4.74 Å². The number of aliphatic hydroxyl groups is 1. The average molecular weight is 389 g/mol.